The molecule has 4 rings (SSSR count). The number of benzene rings is 4. The Labute approximate surface area is 205 Å². The van der Waals surface area contributed by atoms with Gasteiger partial charge in [-0.25, -0.2) is 0 Å². The predicted molar refractivity (Wildman–Crippen MR) is 138 cm³/mol. The topological polar surface area (TPSA) is 75.6 Å². The molecular weight excluding hydrogens is 438 g/mol. The Morgan fingerprint density at radius 1 is 0.886 bits per heavy atom. The second kappa shape index (κ2) is 10.4. The van der Waals surface area contributed by atoms with Gasteiger partial charge in [0.25, 0.3) is 5.91 Å². The number of hydrogen-bond donors (Lipinski definition) is 2. The molecule has 0 saturated carbocycles. The van der Waals surface area contributed by atoms with E-state index in [4.69, 9.17) is 4.74 Å². The summed E-state index contributed by atoms with van der Waals surface area (Å²) in [7, 11) is 0. The van der Waals surface area contributed by atoms with Crippen molar-refractivity contribution in [2.75, 3.05) is 0 Å². The molecule has 0 spiro atoms. The van der Waals surface area contributed by atoms with E-state index >= 15 is 0 Å². The van der Waals surface area contributed by atoms with Crippen molar-refractivity contribution in [2.24, 2.45) is 0 Å². The number of fused-ring (bicyclic) bond motifs is 1. The maximum Gasteiger partial charge on any atom is 0.303 e. The van der Waals surface area contributed by atoms with E-state index in [2.05, 4.69) is 23.5 Å². The minimum absolute atomic E-state index is 0.0488. The summed E-state index contributed by atoms with van der Waals surface area (Å²) in [5, 5.41) is 14.6. The molecule has 178 valence electrons. The van der Waals surface area contributed by atoms with Crippen LogP contribution in [0.15, 0.2) is 91.0 Å². The first-order valence-corrected chi connectivity index (χ1v) is 11.7. The quantitative estimate of drug-likeness (QED) is 0.312. The largest absolute Gasteiger partial charge is 0.489 e. The molecule has 5 nitrogen and oxygen atoms in total. The lowest BCUT2D eigenvalue weighted by Gasteiger charge is -2.29. The SMILES string of the molecule is CC(C)(NC(=O)c1cc(COc2ccccc2)ccc1CCC(=O)O)c1cccc2ccccc12. The van der Waals surface area contributed by atoms with E-state index in [1.807, 2.05) is 80.6 Å². The number of amides is 1. The monoisotopic (exact) mass is 467 g/mol. The van der Waals surface area contributed by atoms with E-state index < -0.39 is 11.5 Å². The normalized spacial score (nSPS) is 11.3. The fourth-order valence-corrected chi connectivity index (χ4v) is 4.26. The van der Waals surface area contributed by atoms with Crippen LogP contribution in [0.3, 0.4) is 0 Å². The summed E-state index contributed by atoms with van der Waals surface area (Å²) in [6.45, 7) is 4.26. The maximum atomic E-state index is 13.6. The number of carboxylic acid groups (broad SMARTS) is 1. The minimum atomic E-state index is -0.899. The molecular formula is C30H29NO4. The second-order valence-electron chi connectivity index (χ2n) is 9.09. The molecule has 0 radical (unpaired) electrons. The van der Waals surface area contributed by atoms with Crippen molar-refractivity contribution in [1.29, 1.82) is 0 Å². The average Bonchev–Trinajstić information content (AvgIpc) is 2.86. The van der Waals surface area contributed by atoms with Gasteiger partial charge in [0.1, 0.15) is 12.4 Å². The van der Waals surface area contributed by atoms with E-state index in [1.54, 1.807) is 6.07 Å². The maximum absolute atomic E-state index is 13.6. The number of nitrogens with one attached hydrogen (secondary N) is 1. The van der Waals surface area contributed by atoms with Gasteiger partial charge in [-0.3, -0.25) is 9.59 Å². The van der Waals surface area contributed by atoms with Crippen molar-refractivity contribution in [3.05, 3.63) is 113 Å². The van der Waals surface area contributed by atoms with Crippen LogP contribution in [0.4, 0.5) is 0 Å². The highest BCUT2D eigenvalue weighted by Crippen LogP contribution is 2.29. The van der Waals surface area contributed by atoms with Gasteiger partial charge in [-0.05, 0) is 65.9 Å². The summed E-state index contributed by atoms with van der Waals surface area (Å²) in [6.07, 6.45) is 0.222. The lowest BCUT2D eigenvalue weighted by atomic mass is 9.88. The fourth-order valence-electron chi connectivity index (χ4n) is 4.26. The van der Waals surface area contributed by atoms with E-state index in [-0.39, 0.29) is 18.7 Å². The third-order valence-corrected chi connectivity index (χ3v) is 6.06. The molecule has 0 atom stereocenters. The van der Waals surface area contributed by atoms with Gasteiger partial charge in [0.05, 0.1) is 5.54 Å². The Balaban J connectivity index is 1.62. The number of aryl methyl sites for hydroxylation is 1. The molecule has 4 aromatic rings. The molecule has 0 aliphatic heterocycles. The first kappa shape index (κ1) is 24.0. The Hall–Kier alpha value is -4.12. The van der Waals surface area contributed by atoms with Crippen LogP contribution in [0, 0.1) is 0 Å². The molecule has 0 heterocycles. The average molecular weight is 468 g/mol. The van der Waals surface area contributed by atoms with Gasteiger partial charge >= 0.3 is 5.97 Å². The summed E-state index contributed by atoms with van der Waals surface area (Å²) in [5.41, 5.74) is 2.36. The molecule has 5 heteroatoms. The van der Waals surface area contributed by atoms with E-state index in [0.29, 0.717) is 17.7 Å². The zero-order valence-electron chi connectivity index (χ0n) is 20.0. The van der Waals surface area contributed by atoms with Crippen LogP contribution < -0.4 is 10.1 Å². The number of carbonyl (C=O) groups excluding carboxylic acids is 1. The highest BCUT2D eigenvalue weighted by molar-refractivity contribution is 5.97. The zero-order valence-corrected chi connectivity index (χ0v) is 20.0. The van der Waals surface area contributed by atoms with Crippen LogP contribution in [0.1, 0.15) is 47.3 Å². The Kier molecular flexibility index (Phi) is 7.16. The van der Waals surface area contributed by atoms with Crippen molar-refractivity contribution in [2.45, 2.75) is 38.8 Å². The molecule has 0 fully saturated rings. The smallest absolute Gasteiger partial charge is 0.303 e. The Morgan fingerprint density at radius 2 is 1.60 bits per heavy atom. The number of ether oxygens (including phenoxy) is 1. The summed E-state index contributed by atoms with van der Waals surface area (Å²) in [6, 6.07) is 29.1. The van der Waals surface area contributed by atoms with Crippen LogP contribution in [0.2, 0.25) is 0 Å². The molecule has 0 aliphatic rings. The highest BCUT2D eigenvalue weighted by atomic mass is 16.5. The lowest BCUT2D eigenvalue weighted by molar-refractivity contribution is -0.136. The Bertz CT molecular complexity index is 1340. The van der Waals surface area contributed by atoms with Crippen molar-refractivity contribution in [3.8, 4) is 5.75 Å². The number of carbonyl (C=O) groups is 2. The molecule has 2 N–H and O–H groups in total. The van der Waals surface area contributed by atoms with Crippen LogP contribution in [-0.2, 0) is 23.4 Å². The minimum Gasteiger partial charge on any atom is -0.489 e. The molecule has 0 aliphatic carbocycles. The standard InChI is InChI=1S/C30H29NO4/c1-30(2,27-14-8-10-22-9-6-7-13-25(22)27)31-29(34)26-19-21(15-16-23(26)17-18-28(32)33)20-35-24-11-4-3-5-12-24/h3-16,19H,17-18,20H2,1-2H3,(H,31,34)(H,32,33). The van der Waals surface area contributed by atoms with Crippen LogP contribution >= 0.6 is 0 Å². The zero-order chi connectivity index (χ0) is 24.8. The van der Waals surface area contributed by atoms with Crippen LogP contribution in [0.25, 0.3) is 10.8 Å². The third kappa shape index (κ3) is 5.87. The van der Waals surface area contributed by atoms with Gasteiger partial charge in [-0.15, -0.1) is 0 Å². The number of hydrogen-bond acceptors (Lipinski definition) is 3. The molecule has 0 bridgehead atoms. The second-order valence-corrected chi connectivity index (χ2v) is 9.09. The third-order valence-electron chi connectivity index (χ3n) is 6.06. The highest BCUT2D eigenvalue weighted by Gasteiger charge is 2.26. The first-order chi connectivity index (χ1) is 16.8. The van der Waals surface area contributed by atoms with Gasteiger partial charge in [0, 0.05) is 12.0 Å². The van der Waals surface area contributed by atoms with Gasteiger partial charge in [0.15, 0.2) is 0 Å². The Morgan fingerprint density at radius 3 is 2.37 bits per heavy atom. The number of para-hydroxylation sites is 1. The van der Waals surface area contributed by atoms with Gasteiger partial charge in [0.2, 0.25) is 0 Å². The van der Waals surface area contributed by atoms with Crippen LogP contribution in [0.5, 0.6) is 5.75 Å². The van der Waals surface area contributed by atoms with Crippen molar-refractivity contribution in [1.82, 2.24) is 5.32 Å². The number of rotatable bonds is 9. The molecule has 0 aromatic heterocycles. The van der Waals surface area contributed by atoms with Gasteiger partial charge in [-0.2, -0.15) is 0 Å². The van der Waals surface area contributed by atoms with Crippen molar-refractivity contribution < 1.29 is 19.4 Å². The summed E-state index contributed by atoms with van der Waals surface area (Å²) >= 11 is 0. The van der Waals surface area contributed by atoms with Gasteiger partial charge < -0.3 is 15.2 Å². The van der Waals surface area contributed by atoms with E-state index in [1.165, 1.54) is 0 Å². The van der Waals surface area contributed by atoms with Crippen molar-refractivity contribution >= 4 is 22.6 Å². The van der Waals surface area contributed by atoms with E-state index in [9.17, 15) is 14.7 Å². The predicted octanol–water partition coefficient (Wildman–Crippen LogP) is 6.10. The molecule has 0 unspecified atom stereocenters. The van der Waals surface area contributed by atoms with E-state index in [0.717, 1.165) is 27.6 Å². The van der Waals surface area contributed by atoms with Crippen molar-refractivity contribution in [3.63, 3.8) is 0 Å². The van der Waals surface area contributed by atoms with Gasteiger partial charge in [-0.1, -0.05) is 72.8 Å². The first-order valence-electron chi connectivity index (χ1n) is 11.7. The molecule has 35 heavy (non-hydrogen) atoms. The fraction of sp³-hybridized carbons (Fsp3) is 0.200. The van der Waals surface area contributed by atoms with Crippen LogP contribution in [-0.4, -0.2) is 17.0 Å². The summed E-state index contributed by atoms with van der Waals surface area (Å²) in [5.74, 6) is -0.403. The summed E-state index contributed by atoms with van der Waals surface area (Å²) in [4.78, 5) is 24.8. The molecule has 1 amide bonds. The number of carboxylic acids is 1. The molecule has 4 aromatic carbocycles. The lowest BCUT2D eigenvalue weighted by Crippen LogP contribution is -2.41. The summed E-state index contributed by atoms with van der Waals surface area (Å²) < 4.78 is 5.86. The number of aliphatic carboxylic acids is 1. The molecule has 0 saturated heterocycles.